The van der Waals surface area contributed by atoms with Crippen LogP contribution in [-0.2, 0) is 4.79 Å². The third kappa shape index (κ3) is 1.15. The van der Waals surface area contributed by atoms with E-state index in [0.29, 0.717) is 13.0 Å². The van der Waals surface area contributed by atoms with Gasteiger partial charge in [0.1, 0.15) is 6.34 Å². The minimum atomic E-state index is -0.551. The average Bonchev–Trinajstić information content (AvgIpc) is 2.60. The first kappa shape index (κ1) is 8.74. The normalized spacial score (nSPS) is 19.6. The van der Waals surface area contributed by atoms with Gasteiger partial charge in [0, 0.05) is 6.54 Å². The Kier molecular flexibility index (Phi) is 1.95. The Morgan fingerprint density at radius 2 is 2.21 bits per heavy atom. The first-order valence-corrected chi connectivity index (χ1v) is 4.29. The van der Waals surface area contributed by atoms with Crippen LogP contribution in [0.5, 0.6) is 0 Å². The highest BCUT2D eigenvalue weighted by Crippen LogP contribution is 2.10. The molecule has 0 unspecified atom stereocenters. The van der Waals surface area contributed by atoms with Crippen LogP contribution in [0, 0.1) is 0 Å². The van der Waals surface area contributed by atoms with Crippen LogP contribution < -0.4 is 0 Å². The van der Waals surface area contributed by atoms with Crippen LogP contribution in [0.4, 0.5) is 4.79 Å². The second-order valence-corrected chi connectivity index (χ2v) is 2.90. The molecule has 0 bridgehead atoms. The number of nitrogens with zero attached hydrogens (tertiary/aromatic N) is 4. The molecule has 6 heteroatoms. The zero-order valence-electron chi connectivity index (χ0n) is 7.60. The minimum absolute atomic E-state index is 0.132. The number of rotatable bonds is 2. The second-order valence-electron chi connectivity index (χ2n) is 2.90. The van der Waals surface area contributed by atoms with Crippen LogP contribution in [0.3, 0.4) is 0 Å². The maximum absolute atomic E-state index is 11.6. The van der Waals surface area contributed by atoms with E-state index in [0.717, 1.165) is 4.90 Å². The van der Waals surface area contributed by atoms with Gasteiger partial charge in [0.15, 0.2) is 11.5 Å². The van der Waals surface area contributed by atoms with Crippen LogP contribution >= 0.6 is 0 Å². The van der Waals surface area contributed by atoms with Gasteiger partial charge in [0.05, 0.1) is 0 Å². The molecule has 0 fully saturated rings. The zero-order chi connectivity index (χ0) is 10.1. The van der Waals surface area contributed by atoms with Crippen molar-refractivity contribution in [2.45, 2.75) is 13.3 Å². The fraction of sp³-hybridized carbons (Fsp3) is 0.375. The Hall–Kier alpha value is -1.85. The van der Waals surface area contributed by atoms with E-state index in [-0.39, 0.29) is 11.5 Å². The Balaban J connectivity index is 2.35. The summed E-state index contributed by atoms with van der Waals surface area (Å²) < 4.78 is 0. The summed E-state index contributed by atoms with van der Waals surface area (Å²) in [5, 5.41) is 0. The number of hydrogen-bond acceptors (Lipinski definition) is 4. The van der Waals surface area contributed by atoms with E-state index in [4.69, 9.17) is 0 Å². The lowest BCUT2D eigenvalue weighted by atomic mass is 10.2. The first-order chi connectivity index (χ1) is 6.74. The van der Waals surface area contributed by atoms with Crippen molar-refractivity contribution in [3.05, 3.63) is 0 Å². The number of amidine groups is 1. The Labute approximate surface area is 80.1 Å². The van der Waals surface area contributed by atoms with Gasteiger partial charge in [-0.3, -0.25) is 9.69 Å². The summed E-state index contributed by atoms with van der Waals surface area (Å²) in [5.41, 5.74) is 0.165. The van der Waals surface area contributed by atoms with E-state index in [1.54, 1.807) is 0 Å². The van der Waals surface area contributed by atoms with E-state index in [1.165, 1.54) is 6.34 Å². The predicted molar refractivity (Wildman–Crippen MR) is 50.8 cm³/mol. The second kappa shape index (κ2) is 3.13. The zero-order valence-corrected chi connectivity index (χ0v) is 7.60. The SMILES string of the molecule is CCCN1C(=O)N=C2N=CN=C2C1=O. The Morgan fingerprint density at radius 3 is 2.93 bits per heavy atom. The third-order valence-electron chi connectivity index (χ3n) is 1.91. The highest BCUT2D eigenvalue weighted by atomic mass is 16.2. The van der Waals surface area contributed by atoms with Crippen molar-refractivity contribution in [2.75, 3.05) is 6.54 Å². The molecule has 0 saturated carbocycles. The van der Waals surface area contributed by atoms with E-state index >= 15 is 0 Å². The molecule has 14 heavy (non-hydrogen) atoms. The van der Waals surface area contributed by atoms with Crippen molar-refractivity contribution >= 4 is 29.8 Å². The fourth-order valence-electron chi connectivity index (χ4n) is 1.28. The summed E-state index contributed by atoms with van der Waals surface area (Å²) in [6.45, 7) is 2.25. The molecule has 0 aromatic heterocycles. The molecule has 2 aliphatic heterocycles. The van der Waals surface area contributed by atoms with E-state index in [9.17, 15) is 9.59 Å². The van der Waals surface area contributed by atoms with E-state index in [1.807, 2.05) is 6.92 Å². The molecule has 0 saturated heterocycles. The van der Waals surface area contributed by atoms with Gasteiger partial charge < -0.3 is 0 Å². The van der Waals surface area contributed by atoms with E-state index < -0.39 is 11.9 Å². The third-order valence-corrected chi connectivity index (χ3v) is 1.91. The summed E-state index contributed by atoms with van der Waals surface area (Å²) in [7, 11) is 0. The summed E-state index contributed by atoms with van der Waals surface area (Å²) in [4.78, 5) is 35.1. The van der Waals surface area contributed by atoms with Crippen LogP contribution in [0.25, 0.3) is 0 Å². The molecule has 0 N–H and O–H groups in total. The van der Waals surface area contributed by atoms with Gasteiger partial charge in [0.2, 0.25) is 0 Å². The average molecular weight is 192 g/mol. The van der Waals surface area contributed by atoms with Crippen molar-refractivity contribution < 1.29 is 9.59 Å². The summed E-state index contributed by atoms with van der Waals surface area (Å²) in [6, 6.07) is -0.551. The van der Waals surface area contributed by atoms with Gasteiger partial charge in [-0.2, -0.15) is 4.99 Å². The maximum Gasteiger partial charge on any atom is 0.352 e. The number of carbonyl (C=O) groups excluding carboxylic acids is 2. The topological polar surface area (TPSA) is 74.5 Å². The quantitative estimate of drug-likeness (QED) is 0.628. The van der Waals surface area contributed by atoms with Gasteiger partial charge in [-0.1, -0.05) is 6.92 Å². The van der Waals surface area contributed by atoms with Crippen LogP contribution in [0.15, 0.2) is 15.0 Å². The van der Waals surface area contributed by atoms with Gasteiger partial charge >= 0.3 is 6.03 Å². The molecule has 2 heterocycles. The molecule has 2 rings (SSSR count). The van der Waals surface area contributed by atoms with Gasteiger partial charge in [0.25, 0.3) is 5.91 Å². The van der Waals surface area contributed by atoms with Crippen molar-refractivity contribution in [1.29, 1.82) is 0 Å². The van der Waals surface area contributed by atoms with Gasteiger partial charge in [-0.25, -0.2) is 14.8 Å². The lowest BCUT2D eigenvalue weighted by Gasteiger charge is -2.20. The molecule has 2 aliphatic rings. The molecule has 6 nitrogen and oxygen atoms in total. The number of fused-ring (bicyclic) bond motifs is 1. The molecule has 3 amide bonds. The molecule has 0 aliphatic carbocycles. The molecule has 0 spiro atoms. The minimum Gasteiger partial charge on any atom is -0.267 e. The van der Waals surface area contributed by atoms with Crippen molar-refractivity contribution in [1.82, 2.24) is 4.90 Å². The number of hydrogen-bond donors (Lipinski definition) is 0. The summed E-state index contributed by atoms with van der Waals surface area (Å²) in [5.74, 6) is -0.272. The lowest BCUT2D eigenvalue weighted by Crippen LogP contribution is -2.46. The molecule has 0 aromatic rings. The summed E-state index contributed by atoms with van der Waals surface area (Å²) >= 11 is 0. The van der Waals surface area contributed by atoms with Crippen molar-refractivity contribution in [3.8, 4) is 0 Å². The number of imide groups is 1. The molecular formula is C8H8N4O2. The van der Waals surface area contributed by atoms with Crippen LogP contribution in [-0.4, -0.2) is 41.3 Å². The standard InChI is InChI=1S/C8H8N4O2/c1-2-3-12-7(13)5-6(10-4-9-5)11-8(12)14/h4H,2-3H2,1H3. The van der Waals surface area contributed by atoms with E-state index in [2.05, 4.69) is 15.0 Å². The molecule has 0 atom stereocenters. The van der Waals surface area contributed by atoms with Gasteiger partial charge in [-0.05, 0) is 6.42 Å². The largest absolute Gasteiger partial charge is 0.352 e. The highest BCUT2D eigenvalue weighted by Gasteiger charge is 2.34. The van der Waals surface area contributed by atoms with Crippen LogP contribution in [0.2, 0.25) is 0 Å². The number of amides is 3. The monoisotopic (exact) mass is 192 g/mol. The predicted octanol–water partition coefficient (Wildman–Crippen LogP) is 0.240. The maximum atomic E-state index is 11.6. The molecule has 72 valence electrons. The molecular weight excluding hydrogens is 184 g/mol. The smallest absolute Gasteiger partial charge is 0.267 e. The first-order valence-electron chi connectivity index (χ1n) is 4.29. The van der Waals surface area contributed by atoms with Gasteiger partial charge in [-0.15, -0.1) is 0 Å². The fourth-order valence-corrected chi connectivity index (χ4v) is 1.28. The van der Waals surface area contributed by atoms with Crippen molar-refractivity contribution in [3.63, 3.8) is 0 Å². The van der Waals surface area contributed by atoms with Crippen molar-refractivity contribution in [2.24, 2.45) is 15.0 Å². The molecule has 0 radical (unpaired) electrons. The number of carbonyl (C=O) groups is 2. The Bertz CT molecular complexity index is 394. The number of aliphatic imine (C=N–C) groups is 3. The summed E-state index contributed by atoms with van der Waals surface area (Å²) in [6.07, 6.45) is 1.94. The Morgan fingerprint density at radius 1 is 1.43 bits per heavy atom. The lowest BCUT2D eigenvalue weighted by molar-refractivity contribution is -0.121. The highest BCUT2D eigenvalue weighted by molar-refractivity contribution is 6.71. The molecule has 0 aromatic carbocycles. The van der Waals surface area contributed by atoms with Crippen LogP contribution in [0.1, 0.15) is 13.3 Å². The number of urea groups is 1.